The first-order chi connectivity index (χ1) is 27.1. The Hall–Kier alpha value is -6.55. The van der Waals surface area contributed by atoms with Gasteiger partial charge in [0, 0.05) is 36.0 Å². The highest BCUT2D eigenvalue weighted by molar-refractivity contribution is 5.89. The third kappa shape index (κ3) is 12.0. The van der Waals surface area contributed by atoms with Crippen molar-refractivity contribution in [2.45, 2.75) is 39.5 Å². The van der Waals surface area contributed by atoms with Crippen molar-refractivity contribution >= 4 is 30.1 Å². The van der Waals surface area contributed by atoms with Crippen molar-refractivity contribution in [3.63, 3.8) is 0 Å². The van der Waals surface area contributed by atoms with Crippen LogP contribution in [0.15, 0.2) is 122 Å². The molecule has 0 saturated carbocycles. The zero-order valence-electron chi connectivity index (χ0n) is 31.9. The van der Waals surface area contributed by atoms with Gasteiger partial charge in [-0.2, -0.15) is 0 Å². The third-order valence-corrected chi connectivity index (χ3v) is 8.59. The number of hydrogen-bond acceptors (Lipinski definition) is 10. The van der Waals surface area contributed by atoms with Crippen LogP contribution in [0.4, 0.5) is 0 Å². The van der Waals surface area contributed by atoms with Crippen LogP contribution in [-0.4, -0.2) is 51.1 Å². The second kappa shape index (κ2) is 20.2. The van der Waals surface area contributed by atoms with E-state index in [1.165, 1.54) is 6.08 Å². The molecule has 4 aromatic carbocycles. The van der Waals surface area contributed by atoms with Crippen LogP contribution in [0, 0.1) is 0 Å². The van der Waals surface area contributed by atoms with Gasteiger partial charge in [-0.1, -0.05) is 56.5 Å². The molecule has 4 aromatic rings. The fourth-order valence-corrected chi connectivity index (χ4v) is 5.62. The molecule has 56 heavy (non-hydrogen) atoms. The molecular formula is C46H46O10. The largest absolute Gasteiger partial charge is 0.493 e. The third-order valence-electron chi connectivity index (χ3n) is 8.59. The minimum absolute atomic E-state index is 0.0374. The van der Waals surface area contributed by atoms with Gasteiger partial charge in [0.25, 0.3) is 0 Å². The summed E-state index contributed by atoms with van der Waals surface area (Å²) in [6.07, 6.45) is 7.63. The van der Waals surface area contributed by atoms with E-state index < -0.39 is 17.9 Å². The molecule has 290 valence electrons. The zero-order chi connectivity index (χ0) is 39.9. The Morgan fingerprint density at radius 2 is 1.09 bits per heavy atom. The Morgan fingerprint density at radius 1 is 0.607 bits per heavy atom. The molecule has 0 bridgehead atoms. The predicted octanol–water partition coefficient (Wildman–Crippen LogP) is 9.24. The Kier molecular flexibility index (Phi) is 14.7. The first-order valence-electron chi connectivity index (χ1n) is 18.3. The van der Waals surface area contributed by atoms with E-state index in [4.69, 9.17) is 33.2 Å². The van der Waals surface area contributed by atoms with Crippen molar-refractivity contribution in [2.24, 2.45) is 0 Å². The summed E-state index contributed by atoms with van der Waals surface area (Å²) < 4.78 is 38.6. The van der Waals surface area contributed by atoms with E-state index in [1.807, 2.05) is 84.9 Å². The zero-order valence-corrected chi connectivity index (χ0v) is 31.9. The number of hydrogen-bond donors (Lipinski definition) is 0. The van der Waals surface area contributed by atoms with E-state index in [9.17, 15) is 14.4 Å². The van der Waals surface area contributed by atoms with Crippen LogP contribution in [0.25, 0.3) is 23.3 Å². The number of esters is 3. The van der Waals surface area contributed by atoms with Crippen molar-refractivity contribution in [3.8, 4) is 34.1 Å². The Morgan fingerprint density at radius 3 is 1.62 bits per heavy atom. The van der Waals surface area contributed by atoms with Crippen LogP contribution in [-0.2, 0) is 28.6 Å². The van der Waals surface area contributed by atoms with Crippen LogP contribution in [0.5, 0.6) is 23.0 Å². The van der Waals surface area contributed by atoms with Crippen molar-refractivity contribution in [3.05, 3.63) is 144 Å². The molecule has 5 rings (SSSR count). The number of ether oxygens (including phenoxy) is 7. The molecule has 0 radical (unpaired) electrons. The van der Waals surface area contributed by atoms with E-state index in [1.54, 1.807) is 32.3 Å². The fourth-order valence-electron chi connectivity index (χ4n) is 5.62. The molecule has 1 aliphatic carbocycles. The Balaban J connectivity index is 1.03. The van der Waals surface area contributed by atoms with Gasteiger partial charge in [0.1, 0.15) is 23.0 Å². The van der Waals surface area contributed by atoms with Crippen LogP contribution >= 0.6 is 0 Å². The first kappa shape index (κ1) is 40.6. The van der Waals surface area contributed by atoms with Gasteiger partial charge in [-0.05, 0) is 108 Å². The highest BCUT2D eigenvalue weighted by Gasteiger charge is 2.26. The lowest BCUT2D eigenvalue weighted by Gasteiger charge is -2.10. The lowest BCUT2D eigenvalue weighted by Crippen LogP contribution is -2.09. The molecule has 0 amide bonds. The second-order valence-electron chi connectivity index (χ2n) is 13.1. The molecule has 0 spiro atoms. The number of carbonyl (C=O) groups excluding carboxylic acids is 3. The summed E-state index contributed by atoms with van der Waals surface area (Å²) in [7, 11) is 0. The van der Waals surface area contributed by atoms with Gasteiger partial charge in [-0.15, -0.1) is 0 Å². The number of benzene rings is 4. The average Bonchev–Trinajstić information content (AvgIpc) is 3.47. The maximum atomic E-state index is 12.7. The molecular weight excluding hydrogens is 712 g/mol. The van der Waals surface area contributed by atoms with Crippen LogP contribution in [0.1, 0.15) is 61.8 Å². The summed E-state index contributed by atoms with van der Waals surface area (Å²) in [4.78, 5) is 35.5. The van der Waals surface area contributed by atoms with E-state index >= 15 is 0 Å². The van der Waals surface area contributed by atoms with Crippen LogP contribution in [0.3, 0.4) is 0 Å². The van der Waals surface area contributed by atoms with Crippen LogP contribution in [0.2, 0.25) is 0 Å². The minimum atomic E-state index is -0.485. The quantitative estimate of drug-likeness (QED) is 0.0216. The molecule has 1 aliphatic rings. The van der Waals surface area contributed by atoms with Gasteiger partial charge in [0.15, 0.2) is 0 Å². The van der Waals surface area contributed by atoms with Crippen LogP contribution < -0.4 is 18.9 Å². The van der Waals surface area contributed by atoms with Crippen molar-refractivity contribution in [2.75, 3.05) is 33.2 Å². The predicted molar refractivity (Wildman–Crippen MR) is 214 cm³/mol. The van der Waals surface area contributed by atoms with Gasteiger partial charge < -0.3 is 33.2 Å². The van der Waals surface area contributed by atoms with Crippen molar-refractivity contribution in [1.82, 2.24) is 0 Å². The molecule has 1 atom stereocenters. The molecule has 0 aromatic heterocycles. The summed E-state index contributed by atoms with van der Waals surface area (Å²) in [5, 5.41) is 0. The number of fused-ring (bicyclic) bond motifs is 3. The Labute approximate surface area is 327 Å². The second-order valence-corrected chi connectivity index (χ2v) is 13.1. The SMILES string of the molecule is C=C(C)C(=O)OCCCOc1ccc(C=COCOc2ccc3c(c2)C(C)c2cc(OC(=O)C=Cc4ccc(OCCCOC(=O)C(=C)C)cc4)ccc2-3)cc1. The van der Waals surface area contributed by atoms with Gasteiger partial charge in [-0.3, -0.25) is 0 Å². The van der Waals surface area contributed by atoms with Gasteiger partial charge >= 0.3 is 17.9 Å². The van der Waals surface area contributed by atoms with E-state index in [0.29, 0.717) is 54.5 Å². The lowest BCUT2D eigenvalue weighted by atomic mass is 9.99. The van der Waals surface area contributed by atoms with Gasteiger partial charge in [0.05, 0.1) is 32.7 Å². The fraction of sp³-hybridized carbons (Fsp3) is 0.239. The van der Waals surface area contributed by atoms with Gasteiger partial charge in [-0.25, -0.2) is 14.4 Å². The number of carbonyl (C=O) groups is 3. The van der Waals surface area contributed by atoms with Crippen molar-refractivity contribution < 1.29 is 47.5 Å². The molecule has 0 N–H and O–H groups in total. The monoisotopic (exact) mass is 758 g/mol. The molecule has 0 saturated heterocycles. The highest BCUT2D eigenvalue weighted by atomic mass is 16.7. The maximum Gasteiger partial charge on any atom is 0.336 e. The molecule has 10 heteroatoms. The maximum absolute atomic E-state index is 12.7. The molecule has 1 unspecified atom stereocenters. The molecule has 0 aliphatic heterocycles. The van der Waals surface area contributed by atoms with Crippen molar-refractivity contribution in [1.29, 1.82) is 0 Å². The average molecular weight is 759 g/mol. The van der Waals surface area contributed by atoms with E-state index in [0.717, 1.165) is 39.1 Å². The Bertz CT molecular complexity index is 2080. The molecule has 10 nitrogen and oxygen atoms in total. The standard InChI is InChI=1S/C46H46O10/c1-31(2)45(48)53-25-6-23-51-36-13-8-34(9-14-36)12-21-44(47)56-39-18-20-41-40-19-17-38(28-42(40)33(5)43(41)29-39)55-30-50-27-22-35-10-15-37(16-11-35)52-24-7-26-54-46(49)32(3)4/h8-22,27-29,33H,1,3,6-7,23-26,30H2,2,4-5H3. The van der Waals surface area contributed by atoms with Gasteiger partial charge in [0.2, 0.25) is 6.79 Å². The number of rotatable bonds is 20. The summed E-state index contributed by atoms with van der Waals surface area (Å²) in [6.45, 7) is 13.8. The topological polar surface area (TPSA) is 116 Å². The summed E-state index contributed by atoms with van der Waals surface area (Å²) in [5.41, 5.74) is 6.87. The summed E-state index contributed by atoms with van der Waals surface area (Å²) in [6, 6.07) is 26.5. The normalized spacial score (nSPS) is 12.7. The summed E-state index contributed by atoms with van der Waals surface area (Å²) >= 11 is 0. The highest BCUT2D eigenvalue weighted by Crippen LogP contribution is 2.47. The van der Waals surface area contributed by atoms with E-state index in [-0.39, 0.29) is 25.9 Å². The minimum Gasteiger partial charge on any atom is -0.493 e. The molecule has 0 fully saturated rings. The smallest absolute Gasteiger partial charge is 0.336 e. The first-order valence-corrected chi connectivity index (χ1v) is 18.3. The molecule has 0 heterocycles. The van der Waals surface area contributed by atoms with E-state index in [2.05, 4.69) is 20.1 Å². The lowest BCUT2D eigenvalue weighted by molar-refractivity contribution is -0.140. The summed E-state index contributed by atoms with van der Waals surface area (Å²) in [5.74, 6) is 1.32.